The number of benzene rings is 1. The molecule has 2 heterocycles. The van der Waals surface area contributed by atoms with Gasteiger partial charge in [-0.2, -0.15) is 0 Å². The largest absolute Gasteiger partial charge is 0.317 e. The molecule has 0 aliphatic rings. The number of carbonyl (C=O) groups excluding carboxylic acids is 1. The van der Waals surface area contributed by atoms with E-state index in [9.17, 15) is 4.79 Å². The normalized spacial score (nSPS) is 10.4. The number of hydrogen-bond donors (Lipinski definition) is 2. The summed E-state index contributed by atoms with van der Waals surface area (Å²) in [4.78, 5) is 16.8. The molecule has 0 bridgehead atoms. The molecule has 110 valence electrons. The van der Waals surface area contributed by atoms with Gasteiger partial charge in [-0.25, -0.2) is 4.98 Å². The van der Waals surface area contributed by atoms with Crippen LogP contribution in [0.3, 0.4) is 0 Å². The predicted molar refractivity (Wildman–Crippen MR) is 94.8 cm³/mol. The minimum atomic E-state index is -0.334. The summed E-state index contributed by atoms with van der Waals surface area (Å²) in [5, 5.41) is 6.94. The molecule has 0 fully saturated rings. The molecule has 2 N–H and O–H groups in total. The lowest BCUT2D eigenvalue weighted by Crippen LogP contribution is -2.34. The standard InChI is InChI=1S/C15H10ClN3OS2/c16-12-9-5-1-2-6-10(9)22-13(12)14(20)19-15(21)18-11-7-3-4-8-17-11/h1-8H,(H2,17,18,19,20,21). The van der Waals surface area contributed by atoms with Crippen molar-refractivity contribution in [3.8, 4) is 0 Å². The highest BCUT2D eigenvalue weighted by molar-refractivity contribution is 7.80. The van der Waals surface area contributed by atoms with Crippen molar-refractivity contribution >= 4 is 62.1 Å². The topological polar surface area (TPSA) is 54.0 Å². The Kier molecular flexibility index (Phi) is 4.33. The van der Waals surface area contributed by atoms with Crippen molar-refractivity contribution in [1.29, 1.82) is 0 Å². The Hall–Kier alpha value is -2.02. The third-order valence-electron chi connectivity index (χ3n) is 2.87. The molecule has 1 amide bonds. The summed E-state index contributed by atoms with van der Waals surface area (Å²) in [6.07, 6.45) is 1.63. The summed E-state index contributed by atoms with van der Waals surface area (Å²) < 4.78 is 0.959. The number of nitrogens with one attached hydrogen (secondary N) is 2. The van der Waals surface area contributed by atoms with Crippen LogP contribution < -0.4 is 10.6 Å². The smallest absolute Gasteiger partial charge is 0.269 e. The summed E-state index contributed by atoms with van der Waals surface area (Å²) in [5.41, 5.74) is 0. The average molecular weight is 348 g/mol. The Morgan fingerprint density at radius 1 is 1.18 bits per heavy atom. The van der Waals surface area contributed by atoms with Gasteiger partial charge < -0.3 is 5.32 Å². The van der Waals surface area contributed by atoms with Gasteiger partial charge in [0.05, 0.1) is 5.02 Å². The Morgan fingerprint density at radius 2 is 1.95 bits per heavy atom. The zero-order valence-corrected chi connectivity index (χ0v) is 13.6. The van der Waals surface area contributed by atoms with Crippen molar-refractivity contribution in [2.24, 2.45) is 0 Å². The molecule has 4 nitrogen and oxygen atoms in total. The fourth-order valence-corrected chi connectivity index (χ4v) is 3.51. The number of aromatic nitrogens is 1. The second kappa shape index (κ2) is 6.39. The van der Waals surface area contributed by atoms with E-state index in [1.165, 1.54) is 11.3 Å². The Balaban J connectivity index is 1.76. The van der Waals surface area contributed by atoms with Crippen molar-refractivity contribution in [3.05, 3.63) is 58.6 Å². The first kappa shape index (κ1) is 14.9. The molecular formula is C15H10ClN3OS2. The van der Waals surface area contributed by atoms with E-state index in [0.29, 0.717) is 15.7 Å². The van der Waals surface area contributed by atoms with Crippen LogP contribution in [0.4, 0.5) is 5.82 Å². The molecule has 7 heteroatoms. The molecule has 2 aromatic heterocycles. The van der Waals surface area contributed by atoms with Crippen LogP contribution in [-0.4, -0.2) is 16.0 Å². The highest BCUT2D eigenvalue weighted by atomic mass is 35.5. The number of carbonyl (C=O) groups is 1. The van der Waals surface area contributed by atoms with E-state index in [0.717, 1.165) is 10.1 Å². The van der Waals surface area contributed by atoms with Crippen molar-refractivity contribution in [2.75, 3.05) is 5.32 Å². The van der Waals surface area contributed by atoms with Crippen molar-refractivity contribution in [1.82, 2.24) is 10.3 Å². The third-order valence-corrected chi connectivity index (χ3v) is 4.75. The molecular weight excluding hydrogens is 338 g/mol. The van der Waals surface area contributed by atoms with Crippen LogP contribution >= 0.6 is 35.2 Å². The first-order valence-corrected chi connectivity index (χ1v) is 7.96. The number of thiophene rings is 1. The summed E-state index contributed by atoms with van der Waals surface area (Å²) in [7, 11) is 0. The van der Waals surface area contributed by atoms with E-state index >= 15 is 0 Å². The minimum Gasteiger partial charge on any atom is -0.317 e. The van der Waals surface area contributed by atoms with Crippen molar-refractivity contribution < 1.29 is 4.79 Å². The molecule has 0 radical (unpaired) electrons. The van der Waals surface area contributed by atoms with E-state index in [2.05, 4.69) is 15.6 Å². The van der Waals surface area contributed by atoms with Gasteiger partial charge in [0.25, 0.3) is 5.91 Å². The van der Waals surface area contributed by atoms with E-state index < -0.39 is 0 Å². The van der Waals surface area contributed by atoms with Gasteiger partial charge >= 0.3 is 0 Å². The third kappa shape index (κ3) is 3.09. The first-order chi connectivity index (χ1) is 10.6. The van der Waals surface area contributed by atoms with Gasteiger partial charge in [-0.1, -0.05) is 35.9 Å². The van der Waals surface area contributed by atoms with Gasteiger partial charge in [0.15, 0.2) is 5.11 Å². The number of amides is 1. The van der Waals surface area contributed by atoms with E-state index in [-0.39, 0.29) is 11.0 Å². The van der Waals surface area contributed by atoms with Crippen LogP contribution in [-0.2, 0) is 0 Å². The summed E-state index contributed by atoms with van der Waals surface area (Å²) in [6, 6.07) is 13.0. The lowest BCUT2D eigenvalue weighted by molar-refractivity contribution is 0.0982. The molecule has 3 rings (SSSR count). The zero-order chi connectivity index (χ0) is 15.5. The molecule has 0 aliphatic carbocycles. The van der Waals surface area contributed by atoms with Gasteiger partial charge in [-0.05, 0) is 30.4 Å². The first-order valence-electron chi connectivity index (χ1n) is 6.35. The van der Waals surface area contributed by atoms with Gasteiger partial charge in [0.2, 0.25) is 0 Å². The van der Waals surface area contributed by atoms with Crippen molar-refractivity contribution in [2.45, 2.75) is 0 Å². The zero-order valence-electron chi connectivity index (χ0n) is 11.2. The maximum absolute atomic E-state index is 12.3. The van der Waals surface area contributed by atoms with Crippen LogP contribution in [0.1, 0.15) is 9.67 Å². The number of pyridine rings is 1. The number of thiocarbonyl (C=S) groups is 1. The Bertz CT molecular complexity index is 848. The summed E-state index contributed by atoms with van der Waals surface area (Å²) in [6.45, 7) is 0. The van der Waals surface area contributed by atoms with Gasteiger partial charge in [-0.15, -0.1) is 11.3 Å². The second-order valence-electron chi connectivity index (χ2n) is 4.36. The highest BCUT2D eigenvalue weighted by Gasteiger charge is 2.17. The summed E-state index contributed by atoms with van der Waals surface area (Å²) in [5.74, 6) is 0.231. The number of hydrogen-bond acceptors (Lipinski definition) is 4. The van der Waals surface area contributed by atoms with Crippen LogP contribution in [0.2, 0.25) is 5.02 Å². The lowest BCUT2D eigenvalue weighted by atomic mass is 10.2. The quantitative estimate of drug-likeness (QED) is 0.686. The minimum absolute atomic E-state index is 0.178. The number of rotatable bonds is 2. The molecule has 0 aliphatic heterocycles. The maximum Gasteiger partial charge on any atom is 0.269 e. The molecule has 0 saturated carbocycles. The molecule has 0 unspecified atom stereocenters. The van der Waals surface area contributed by atoms with Crippen LogP contribution in [0.5, 0.6) is 0 Å². The van der Waals surface area contributed by atoms with Crippen molar-refractivity contribution in [3.63, 3.8) is 0 Å². The lowest BCUT2D eigenvalue weighted by Gasteiger charge is -2.07. The molecule has 0 saturated heterocycles. The fourth-order valence-electron chi connectivity index (χ4n) is 1.90. The van der Waals surface area contributed by atoms with E-state index in [1.54, 1.807) is 18.3 Å². The van der Waals surface area contributed by atoms with E-state index in [1.807, 2.05) is 30.3 Å². The Labute approximate surface area is 141 Å². The van der Waals surface area contributed by atoms with E-state index in [4.69, 9.17) is 23.8 Å². The molecule has 0 spiro atoms. The molecule has 22 heavy (non-hydrogen) atoms. The molecule has 3 aromatic rings. The van der Waals surface area contributed by atoms with Gasteiger partial charge in [0, 0.05) is 16.3 Å². The number of anilines is 1. The predicted octanol–water partition coefficient (Wildman–Crippen LogP) is 4.08. The number of fused-ring (bicyclic) bond motifs is 1. The number of nitrogens with zero attached hydrogens (tertiary/aromatic N) is 1. The molecule has 0 atom stereocenters. The summed E-state index contributed by atoms with van der Waals surface area (Å²) >= 11 is 12.7. The van der Waals surface area contributed by atoms with Gasteiger partial charge in [-0.3, -0.25) is 10.1 Å². The highest BCUT2D eigenvalue weighted by Crippen LogP contribution is 2.34. The van der Waals surface area contributed by atoms with Crippen LogP contribution in [0.15, 0.2) is 48.7 Å². The van der Waals surface area contributed by atoms with Crippen LogP contribution in [0.25, 0.3) is 10.1 Å². The second-order valence-corrected chi connectivity index (χ2v) is 6.20. The van der Waals surface area contributed by atoms with Gasteiger partial charge in [0.1, 0.15) is 10.7 Å². The molecule has 1 aromatic carbocycles. The number of halogens is 1. The maximum atomic E-state index is 12.3. The average Bonchev–Trinajstić information content (AvgIpc) is 2.86. The Morgan fingerprint density at radius 3 is 2.68 bits per heavy atom. The SMILES string of the molecule is O=C(NC(=S)Nc1ccccn1)c1sc2ccccc2c1Cl. The fraction of sp³-hybridized carbons (Fsp3) is 0. The van der Waals surface area contributed by atoms with Crippen LogP contribution in [0, 0.1) is 0 Å². The monoisotopic (exact) mass is 347 g/mol.